The Morgan fingerprint density at radius 2 is 2.12 bits per heavy atom. The molecule has 0 aliphatic carbocycles. The lowest BCUT2D eigenvalue weighted by molar-refractivity contribution is -0.114. The fourth-order valence-electron chi connectivity index (χ4n) is 1.26. The summed E-state index contributed by atoms with van der Waals surface area (Å²) in [7, 11) is 1.24. The molecule has 0 unspecified atom stereocenters. The number of halogens is 1. The average molecular weight is 225 g/mol. The zero-order valence-electron chi connectivity index (χ0n) is 9.04. The normalized spacial score (nSPS) is 9.69. The van der Waals surface area contributed by atoms with Gasteiger partial charge in [-0.05, 0) is 17.7 Å². The second-order valence-corrected chi connectivity index (χ2v) is 3.19. The minimum atomic E-state index is -0.659. The van der Waals surface area contributed by atoms with Gasteiger partial charge in [-0.25, -0.2) is 9.18 Å². The van der Waals surface area contributed by atoms with Crippen LogP contribution < -0.4 is 5.32 Å². The highest BCUT2D eigenvalue weighted by atomic mass is 19.1. The largest absolute Gasteiger partial charge is 0.465 e. The van der Waals surface area contributed by atoms with E-state index in [1.54, 1.807) is 0 Å². The molecule has 0 radical (unpaired) electrons. The van der Waals surface area contributed by atoms with Crippen molar-refractivity contribution in [3.05, 3.63) is 29.3 Å². The number of hydrogen-bond donors (Lipinski definition) is 1. The fourth-order valence-corrected chi connectivity index (χ4v) is 1.26. The van der Waals surface area contributed by atoms with E-state index in [0.717, 1.165) is 0 Å². The Morgan fingerprint density at radius 3 is 2.62 bits per heavy atom. The highest BCUT2D eigenvalue weighted by Crippen LogP contribution is 2.19. The number of amides is 1. The third-order valence-corrected chi connectivity index (χ3v) is 1.95. The standard InChI is InChI=1S/C11H12FNO3/c1-7(14)13-10-5-8(6-12)3-4-9(10)11(15)16-2/h3-5H,6H2,1-2H3,(H,13,14). The smallest absolute Gasteiger partial charge is 0.339 e. The molecule has 0 aromatic heterocycles. The molecule has 0 aliphatic heterocycles. The van der Waals surface area contributed by atoms with Gasteiger partial charge in [-0.1, -0.05) is 6.07 Å². The van der Waals surface area contributed by atoms with Crippen molar-refractivity contribution < 1.29 is 18.7 Å². The van der Waals surface area contributed by atoms with Gasteiger partial charge in [0.2, 0.25) is 5.91 Å². The van der Waals surface area contributed by atoms with Crippen LogP contribution in [0.5, 0.6) is 0 Å². The van der Waals surface area contributed by atoms with E-state index in [9.17, 15) is 14.0 Å². The number of rotatable bonds is 3. The van der Waals surface area contributed by atoms with Crippen molar-refractivity contribution in [3.8, 4) is 0 Å². The number of esters is 1. The molecule has 0 heterocycles. The van der Waals surface area contributed by atoms with Crippen LogP contribution in [0.1, 0.15) is 22.8 Å². The van der Waals surface area contributed by atoms with Gasteiger partial charge in [0, 0.05) is 6.92 Å². The van der Waals surface area contributed by atoms with Crippen molar-refractivity contribution in [1.82, 2.24) is 0 Å². The van der Waals surface area contributed by atoms with Crippen LogP contribution in [-0.2, 0) is 16.2 Å². The summed E-state index contributed by atoms with van der Waals surface area (Å²) in [5.41, 5.74) is 0.848. The predicted molar refractivity (Wildman–Crippen MR) is 56.9 cm³/mol. The van der Waals surface area contributed by atoms with E-state index in [4.69, 9.17) is 0 Å². The SMILES string of the molecule is COC(=O)c1ccc(CF)cc1NC(C)=O. The third-order valence-electron chi connectivity index (χ3n) is 1.95. The third kappa shape index (κ3) is 2.79. The monoisotopic (exact) mass is 225 g/mol. The lowest BCUT2D eigenvalue weighted by Gasteiger charge is -2.09. The lowest BCUT2D eigenvalue weighted by Crippen LogP contribution is -2.12. The van der Waals surface area contributed by atoms with Gasteiger partial charge < -0.3 is 10.1 Å². The summed E-state index contributed by atoms with van der Waals surface area (Å²) in [5.74, 6) is -0.907. The first kappa shape index (κ1) is 12.2. The van der Waals surface area contributed by atoms with Crippen LogP contribution in [0, 0.1) is 0 Å². The maximum absolute atomic E-state index is 12.4. The van der Waals surface area contributed by atoms with E-state index >= 15 is 0 Å². The Balaban J connectivity index is 3.15. The number of nitrogens with one attached hydrogen (secondary N) is 1. The highest BCUT2D eigenvalue weighted by Gasteiger charge is 2.13. The van der Waals surface area contributed by atoms with Crippen LogP contribution in [0.2, 0.25) is 0 Å². The van der Waals surface area contributed by atoms with Crippen molar-refractivity contribution in [2.75, 3.05) is 12.4 Å². The van der Waals surface area contributed by atoms with E-state index in [-0.39, 0.29) is 17.2 Å². The fraction of sp³-hybridized carbons (Fsp3) is 0.273. The Labute approximate surface area is 92.4 Å². The van der Waals surface area contributed by atoms with Gasteiger partial charge in [-0.15, -0.1) is 0 Å². The topological polar surface area (TPSA) is 55.4 Å². The number of carbonyl (C=O) groups is 2. The van der Waals surface area contributed by atoms with Gasteiger partial charge in [0.1, 0.15) is 6.67 Å². The molecule has 16 heavy (non-hydrogen) atoms. The van der Waals surface area contributed by atoms with Gasteiger partial charge in [-0.3, -0.25) is 4.79 Å². The molecule has 86 valence electrons. The first-order chi connectivity index (χ1) is 7.58. The second-order valence-electron chi connectivity index (χ2n) is 3.19. The van der Waals surface area contributed by atoms with Crippen LogP contribution in [0.25, 0.3) is 0 Å². The summed E-state index contributed by atoms with van der Waals surface area (Å²) in [5, 5.41) is 2.46. The number of methoxy groups -OCH3 is 1. The molecule has 1 N–H and O–H groups in total. The van der Waals surface area contributed by atoms with Crippen LogP contribution in [0.3, 0.4) is 0 Å². The minimum Gasteiger partial charge on any atom is -0.465 e. The van der Waals surface area contributed by atoms with Crippen molar-refractivity contribution in [2.45, 2.75) is 13.6 Å². The van der Waals surface area contributed by atoms with Crippen LogP contribution in [0.4, 0.5) is 10.1 Å². The van der Waals surface area contributed by atoms with Crippen LogP contribution in [-0.4, -0.2) is 19.0 Å². The number of ether oxygens (including phenoxy) is 1. The molecule has 1 aromatic rings. The van der Waals surface area contributed by atoms with Gasteiger partial charge in [0.05, 0.1) is 18.4 Å². The molecule has 0 atom stereocenters. The minimum absolute atomic E-state index is 0.204. The first-order valence-electron chi connectivity index (χ1n) is 4.63. The molecule has 0 saturated carbocycles. The van der Waals surface area contributed by atoms with Gasteiger partial charge in [-0.2, -0.15) is 0 Å². The molecule has 4 nitrogen and oxygen atoms in total. The maximum Gasteiger partial charge on any atom is 0.339 e. The first-order valence-corrected chi connectivity index (χ1v) is 4.63. The number of hydrogen-bond acceptors (Lipinski definition) is 3. The zero-order chi connectivity index (χ0) is 12.1. The Bertz CT molecular complexity index is 418. The Morgan fingerprint density at radius 1 is 1.44 bits per heavy atom. The molecule has 0 bridgehead atoms. The van der Waals surface area contributed by atoms with E-state index < -0.39 is 12.6 Å². The van der Waals surface area contributed by atoms with Crippen molar-refractivity contribution in [1.29, 1.82) is 0 Å². The molecule has 1 rings (SSSR count). The van der Waals surface area contributed by atoms with Crippen molar-refractivity contribution >= 4 is 17.6 Å². The number of carbonyl (C=O) groups excluding carboxylic acids is 2. The highest BCUT2D eigenvalue weighted by molar-refractivity contribution is 6.00. The molecule has 5 heteroatoms. The molecular formula is C11H12FNO3. The average Bonchev–Trinajstić information content (AvgIpc) is 2.27. The number of anilines is 1. The van der Waals surface area contributed by atoms with E-state index in [2.05, 4.69) is 10.1 Å². The van der Waals surface area contributed by atoms with Gasteiger partial charge in [0.15, 0.2) is 0 Å². The predicted octanol–water partition coefficient (Wildman–Crippen LogP) is 1.90. The number of alkyl halides is 1. The van der Waals surface area contributed by atoms with E-state index in [1.165, 1.54) is 32.2 Å². The maximum atomic E-state index is 12.4. The van der Waals surface area contributed by atoms with E-state index in [1.807, 2.05) is 0 Å². The summed E-state index contributed by atoms with van der Waals surface area (Å²) in [6, 6.07) is 4.30. The molecule has 0 saturated heterocycles. The molecule has 1 aromatic carbocycles. The molecule has 0 spiro atoms. The summed E-state index contributed by atoms with van der Waals surface area (Å²) < 4.78 is 17.0. The lowest BCUT2D eigenvalue weighted by atomic mass is 10.1. The summed E-state index contributed by atoms with van der Waals surface area (Å²) >= 11 is 0. The number of benzene rings is 1. The van der Waals surface area contributed by atoms with Crippen molar-refractivity contribution in [2.24, 2.45) is 0 Å². The molecule has 0 aliphatic rings. The van der Waals surface area contributed by atoms with Crippen LogP contribution >= 0.6 is 0 Å². The zero-order valence-corrected chi connectivity index (χ0v) is 9.04. The molecule has 1 amide bonds. The molecule has 0 fully saturated rings. The van der Waals surface area contributed by atoms with Crippen LogP contribution in [0.15, 0.2) is 18.2 Å². The summed E-state index contributed by atoms with van der Waals surface area (Å²) in [4.78, 5) is 22.3. The summed E-state index contributed by atoms with van der Waals surface area (Å²) in [6.07, 6.45) is 0. The quantitative estimate of drug-likeness (QED) is 0.799. The van der Waals surface area contributed by atoms with Crippen molar-refractivity contribution in [3.63, 3.8) is 0 Å². The Hall–Kier alpha value is -1.91. The molecular weight excluding hydrogens is 213 g/mol. The van der Waals surface area contributed by atoms with E-state index in [0.29, 0.717) is 5.56 Å². The summed E-state index contributed by atoms with van der Waals surface area (Å²) in [6.45, 7) is 0.650. The second kappa shape index (κ2) is 5.25. The van der Waals surface area contributed by atoms with Gasteiger partial charge in [0.25, 0.3) is 0 Å². The van der Waals surface area contributed by atoms with Gasteiger partial charge >= 0.3 is 5.97 Å². The Kier molecular flexibility index (Phi) is 3.99.